The summed E-state index contributed by atoms with van der Waals surface area (Å²) in [5.74, 6) is 0.596. The van der Waals surface area contributed by atoms with Crippen LogP contribution in [-0.2, 0) is 21.2 Å². The summed E-state index contributed by atoms with van der Waals surface area (Å²) in [4.78, 5) is 12.8. The number of hydrogen-bond acceptors (Lipinski definition) is 3. The summed E-state index contributed by atoms with van der Waals surface area (Å²) in [6.45, 7) is 1.19. The molecule has 1 heterocycles. The van der Waals surface area contributed by atoms with Crippen LogP contribution in [0.2, 0.25) is 0 Å². The largest absolute Gasteiger partial charge is 0.353 e. The predicted molar refractivity (Wildman–Crippen MR) is 122 cm³/mol. The van der Waals surface area contributed by atoms with Crippen LogP contribution >= 0.6 is 0 Å². The highest BCUT2D eigenvalue weighted by molar-refractivity contribution is 7.89. The second kappa shape index (κ2) is 9.96. The van der Waals surface area contributed by atoms with Gasteiger partial charge in [-0.2, -0.15) is 4.31 Å². The average Bonchev–Trinajstić information content (AvgIpc) is 2.81. The van der Waals surface area contributed by atoms with Crippen molar-refractivity contribution >= 4 is 15.9 Å². The van der Waals surface area contributed by atoms with Crippen molar-refractivity contribution in [1.82, 2.24) is 9.62 Å². The highest BCUT2D eigenvalue weighted by Gasteiger charge is 2.26. The van der Waals surface area contributed by atoms with Gasteiger partial charge in [0.2, 0.25) is 15.9 Å². The second-order valence-electron chi connectivity index (χ2n) is 8.81. The Morgan fingerprint density at radius 2 is 1.52 bits per heavy atom. The summed E-state index contributed by atoms with van der Waals surface area (Å²) in [6.07, 6.45) is 7.40. The molecule has 0 bridgehead atoms. The highest BCUT2D eigenvalue weighted by atomic mass is 32.2. The standard InChI is InChI=1S/C25H32N2O3S/c28-25(26-23-13-11-22(12-14-23)21-7-3-1-4-8-21)19-20-9-15-24(16-10-20)31(29,30)27-17-5-2-6-18-27/h1,3-4,7-10,15-16,22-23H,2,5-6,11-14,17-19H2,(H,26,28). The zero-order chi connectivity index (χ0) is 21.7. The number of hydrogen-bond donors (Lipinski definition) is 1. The van der Waals surface area contributed by atoms with Crippen LogP contribution in [0.1, 0.15) is 62.0 Å². The molecule has 1 aliphatic heterocycles. The molecule has 1 saturated heterocycles. The van der Waals surface area contributed by atoms with Crippen LogP contribution in [-0.4, -0.2) is 37.8 Å². The third-order valence-electron chi connectivity index (χ3n) is 6.60. The van der Waals surface area contributed by atoms with Gasteiger partial charge >= 0.3 is 0 Å². The van der Waals surface area contributed by atoms with Gasteiger partial charge in [0, 0.05) is 19.1 Å². The number of nitrogens with zero attached hydrogens (tertiary/aromatic N) is 1. The van der Waals surface area contributed by atoms with E-state index in [0.717, 1.165) is 50.5 Å². The van der Waals surface area contributed by atoms with Gasteiger partial charge in [-0.3, -0.25) is 4.79 Å². The summed E-state index contributed by atoms with van der Waals surface area (Å²) in [6, 6.07) is 17.6. The predicted octanol–water partition coefficient (Wildman–Crippen LogP) is 4.25. The number of carbonyl (C=O) groups is 1. The number of rotatable bonds is 6. The molecule has 0 spiro atoms. The Balaban J connectivity index is 1.27. The first-order valence-corrected chi connectivity index (χ1v) is 12.9. The number of amides is 1. The molecule has 5 nitrogen and oxygen atoms in total. The summed E-state index contributed by atoms with van der Waals surface area (Å²) >= 11 is 0. The zero-order valence-corrected chi connectivity index (χ0v) is 18.8. The lowest BCUT2D eigenvalue weighted by Crippen LogP contribution is -2.38. The van der Waals surface area contributed by atoms with Crippen molar-refractivity contribution in [1.29, 1.82) is 0 Å². The lowest BCUT2D eigenvalue weighted by atomic mass is 9.82. The van der Waals surface area contributed by atoms with E-state index in [4.69, 9.17) is 0 Å². The summed E-state index contributed by atoms with van der Waals surface area (Å²) in [5, 5.41) is 3.17. The Bertz CT molecular complexity index is 960. The molecule has 0 unspecified atom stereocenters. The molecule has 1 N–H and O–H groups in total. The van der Waals surface area contributed by atoms with Gasteiger partial charge in [-0.15, -0.1) is 0 Å². The van der Waals surface area contributed by atoms with E-state index in [1.54, 1.807) is 28.6 Å². The fraction of sp³-hybridized carbons (Fsp3) is 0.480. The van der Waals surface area contributed by atoms with E-state index >= 15 is 0 Å². The van der Waals surface area contributed by atoms with Crippen molar-refractivity contribution in [3.63, 3.8) is 0 Å². The quantitative estimate of drug-likeness (QED) is 0.730. The number of sulfonamides is 1. The third kappa shape index (κ3) is 5.55. The van der Waals surface area contributed by atoms with Crippen LogP contribution in [0, 0.1) is 0 Å². The highest BCUT2D eigenvalue weighted by Crippen LogP contribution is 2.32. The van der Waals surface area contributed by atoms with E-state index in [0.29, 0.717) is 23.9 Å². The Kier molecular flexibility index (Phi) is 7.08. The van der Waals surface area contributed by atoms with Gasteiger partial charge in [-0.25, -0.2) is 8.42 Å². The maximum absolute atomic E-state index is 12.8. The molecule has 31 heavy (non-hydrogen) atoms. The Hall–Kier alpha value is -2.18. The Morgan fingerprint density at radius 3 is 2.16 bits per heavy atom. The molecular formula is C25H32N2O3S. The number of carbonyl (C=O) groups excluding carboxylic acids is 1. The first-order valence-electron chi connectivity index (χ1n) is 11.5. The summed E-state index contributed by atoms with van der Waals surface area (Å²) in [7, 11) is -3.43. The molecule has 2 fully saturated rings. The van der Waals surface area contributed by atoms with Crippen molar-refractivity contribution < 1.29 is 13.2 Å². The summed E-state index contributed by atoms with van der Waals surface area (Å²) < 4.78 is 27.1. The van der Waals surface area contributed by atoms with E-state index in [-0.39, 0.29) is 18.4 Å². The van der Waals surface area contributed by atoms with Gasteiger partial charge in [-0.1, -0.05) is 48.9 Å². The molecular weight excluding hydrogens is 408 g/mol. The van der Waals surface area contributed by atoms with E-state index in [1.807, 2.05) is 6.07 Å². The number of benzene rings is 2. The van der Waals surface area contributed by atoms with Crippen LogP contribution in [0.5, 0.6) is 0 Å². The SMILES string of the molecule is O=C(Cc1ccc(S(=O)(=O)N2CCCCC2)cc1)NC1CCC(c2ccccc2)CC1. The van der Waals surface area contributed by atoms with Gasteiger partial charge in [0.25, 0.3) is 0 Å². The summed E-state index contributed by atoms with van der Waals surface area (Å²) in [5.41, 5.74) is 2.24. The van der Waals surface area contributed by atoms with E-state index < -0.39 is 10.0 Å². The van der Waals surface area contributed by atoms with Crippen LogP contribution in [0.25, 0.3) is 0 Å². The van der Waals surface area contributed by atoms with Gasteiger partial charge in [0.15, 0.2) is 0 Å². The minimum atomic E-state index is -3.43. The van der Waals surface area contributed by atoms with E-state index in [2.05, 4.69) is 29.6 Å². The zero-order valence-electron chi connectivity index (χ0n) is 18.0. The minimum absolute atomic E-state index is 0.00907. The van der Waals surface area contributed by atoms with Crippen molar-refractivity contribution in [2.75, 3.05) is 13.1 Å². The fourth-order valence-corrected chi connectivity index (χ4v) is 6.31. The lowest BCUT2D eigenvalue weighted by molar-refractivity contribution is -0.121. The number of piperidine rings is 1. The van der Waals surface area contributed by atoms with Gasteiger partial charge in [-0.05, 0) is 67.7 Å². The molecule has 2 aromatic rings. The molecule has 166 valence electrons. The maximum atomic E-state index is 12.8. The topological polar surface area (TPSA) is 66.5 Å². The Morgan fingerprint density at radius 1 is 0.871 bits per heavy atom. The molecule has 6 heteroatoms. The molecule has 0 aromatic heterocycles. The molecule has 2 aromatic carbocycles. The molecule has 4 rings (SSSR count). The number of nitrogens with one attached hydrogen (secondary N) is 1. The molecule has 1 aliphatic carbocycles. The van der Waals surface area contributed by atoms with Crippen molar-refractivity contribution in [2.24, 2.45) is 0 Å². The van der Waals surface area contributed by atoms with Crippen molar-refractivity contribution in [2.45, 2.75) is 68.2 Å². The smallest absolute Gasteiger partial charge is 0.243 e. The first-order chi connectivity index (χ1) is 15.0. The molecule has 0 radical (unpaired) electrons. The molecule has 2 aliphatic rings. The lowest BCUT2D eigenvalue weighted by Gasteiger charge is -2.29. The van der Waals surface area contributed by atoms with Crippen molar-refractivity contribution in [3.8, 4) is 0 Å². The molecule has 1 amide bonds. The van der Waals surface area contributed by atoms with Crippen LogP contribution in [0.3, 0.4) is 0 Å². The maximum Gasteiger partial charge on any atom is 0.243 e. The van der Waals surface area contributed by atoms with Crippen LogP contribution in [0.4, 0.5) is 0 Å². The van der Waals surface area contributed by atoms with E-state index in [9.17, 15) is 13.2 Å². The average molecular weight is 441 g/mol. The second-order valence-corrected chi connectivity index (χ2v) is 10.8. The third-order valence-corrected chi connectivity index (χ3v) is 8.52. The van der Waals surface area contributed by atoms with Gasteiger partial charge < -0.3 is 5.32 Å². The van der Waals surface area contributed by atoms with Crippen LogP contribution < -0.4 is 5.32 Å². The molecule has 0 atom stereocenters. The fourth-order valence-electron chi connectivity index (χ4n) is 4.79. The first kappa shape index (κ1) is 22.0. The minimum Gasteiger partial charge on any atom is -0.353 e. The van der Waals surface area contributed by atoms with Gasteiger partial charge in [0.1, 0.15) is 0 Å². The molecule has 1 saturated carbocycles. The van der Waals surface area contributed by atoms with Crippen LogP contribution in [0.15, 0.2) is 59.5 Å². The normalized spacial score (nSPS) is 22.7. The van der Waals surface area contributed by atoms with Crippen molar-refractivity contribution in [3.05, 3.63) is 65.7 Å². The Labute approximate surface area is 185 Å². The van der Waals surface area contributed by atoms with E-state index in [1.165, 1.54) is 5.56 Å². The van der Waals surface area contributed by atoms with Gasteiger partial charge in [0.05, 0.1) is 11.3 Å². The monoisotopic (exact) mass is 440 g/mol.